The minimum Gasteiger partial charge on any atom is -0.322 e. The fraction of sp³-hybridized carbons (Fsp3) is 0.316. The van der Waals surface area contributed by atoms with Crippen molar-refractivity contribution in [2.45, 2.75) is 25.8 Å². The molecule has 1 aliphatic heterocycles. The van der Waals surface area contributed by atoms with Crippen LogP contribution in [0.15, 0.2) is 48.4 Å². The maximum atomic E-state index is 8.87. The van der Waals surface area contributed by atoms with Gasteiger partial charge in [-0.25, -0.2) is 4.98 Å². The molecule has 3 nitrogen and oxygen atoms in total. The Morgan fingerprint density at radius 1 is 1.09 bits per heavy atom. The number of benzene rings is 2. The van der Waals surface area contributed by atoms with Crippen molar-refractivity contribution in [1.29, 1.82) is 0 Å². The summed E-state index contributed by atoms with van der Waals surface area (Å²) in [5.74, 6) is -0.295. The smallest absolute Gasteiger partial charge is 0.124 e. The second kappa shape index (κ2) is 6.34. The van der Waals surface area contributed by atoms with Crippen molar-refractivity contribution in [3.63, 3.8) is 0 Å². The first-order valence-corrected chi connectivity index (χ1v) is 7.86. The van der Waals surface area contributed by atoms with Crippen LogP contribution in [-0.2, 0) is 13.0 Å². The summed E-state index contributed by atoms with van der Waals surface area (Å²) in [4.78, 5) is 5.82. The van der Waals surface area contributed by atoms with E-state index in [-0.39, 0.29) is 22.4 Å². The maximum absolute atomic E-state index is 8.87. The van der Waals surface area contributed by atoms with E-state index in [9.17, 15) is 0 Å². The number of halogens is 1. The number of para-hydroxylation sites is 2. The van der Waals surface area contributed by atoms with E-state index in [0.29, 0.717) is 18.1 Å². The molecule has 0 spiro atoms. The lowest BCUT2D eigenvalue weighted by Crippen LogP contribution is -2.21. The molecule has 0 N–H and O–H groups in total. The highest BCUT2D eigenvalue weighted by Crippen LogP contribution is 2.21. The Hall–Kier alpha value is -1.84. The van der Waals surface area contributed by atoms with Crippen LogP contribution in [0, 0.1) is 0 Å². The van der Waals surface area contributed by atoms with Crippen molar-refractivity contribution in [3.05, 3.63) is 64.8 Å². The minimum absolute atomic E-state index is 0.155. The van der Waals surface area contributed by atoms with Gasteiger partial charge in [-0.15, -0.1) is 0 Å². The van der Waals surface area contributed by atoms with Gasteiger partial charge in [-0.2, -0.15) is 0 Å². The SMILES string of the molecule is [2H]c1c([2H])c([2H])c2c(nc(C([2H])([2H])N3CCCC3)n2C([2H])([2H])c2ccc(Cl)cc2)c1[2H]. The van der Waals surface area contributed by atoms with Gasteiger partial charge in [0.2, 0.25) is 0 Å². The highest BCUT2D eigenvalue weighted by molar-refractivity contribution is 6.30. The van der Waals surface area contributed by atoms with E-state index in [1.54, 1.807) is 4.90 Å². The van der Waals surface area contributed by atoms with E-state index in [0.717, 1.165) is 17.4 Å². The summed E-state index contributed by atoms with van der Waals surface area (Å²) in [5, 5.41) is 0.407. The van der Waals surface area contributed by atoms with Crippen LogP contribution in [0.4, 0.5) is 0 Å². The Morgan fingerprint density at radius 2 is 1.83 bits per heavy atom. The molecule has 0 saturated carbocycles. The quantitative estimate of drug-likeness (QED) is 0.708. The topological polar surface area (TPSA) is 21.1 Å². The zero-order valence-electron chi connectivity index (χ0n) is 20.4. The molecule has 118 valence electrons. The number of hydrogen-bond donors (Lipinski definition) is 0. The van der Waals surface area contributed by atoms with Crippen LogP contribution in [0.2, 0.25) is 5.02 Å². The summed E-state index contributed by atoms with van der Waals surface area (Å²) in [6.07, 6.45) is 1.59. The van der Waals surface area contributed by atoms with Crippen molar-refractivity contribution in [1.82, 2.24) is 14.5 Å². The molecule has 1 fully saturated rings. The summed E-state index contributed by atoms with van der Waals surface area (Å²) >= 11 is 5.95. The second-order valence-electron chi connectivity index (χ2n) is 5.39. The number of nitrogens with zero attached hydrogens (tertiary/aromatic N) is 3. The second-order valence-corrected chi connectivity index (χ2v) is 5.83. The Labute approximate surface area is 152 Å². The zero-order chi connectivity index (χ0) is 22.7. The van der Waals surface area contributed by atoms with Gasteiger partial charge in [-0.3, -0.25) is 4.90 Å². The number of imidazole rings is 1. The number of rotatable bonds is 4. The predicted octanol–water partition coefficient (Wildman–Crippen LogP) is 4.33. The van der Waals surface area contributed by atoms with Gasteiger partial charge in [0.25, 0.3) is 0 Å². The molecule has 1 aliphatic rings. The Balaban J connectivity index is 2.09. The third kappa shape index (κ3) is 3.12. The van der Waals surface area contributed by atoms with Crippen molar-refractivity contribution in [2.75, 3.05) is 13.1 Å². The molecule has 1 aromatic heterocycles. The van der Waals surface area contributed by atoms with Gasteiger partial charge in [0.1, 0.15) is 5.82 Å². The average Bonchev–Trinajstić information content (AvgIpc) is 3.40. The molecule has 0 radical (unpaired) electrons. The van der Waals surface area contributed by atoms with Crippen LogP contribution in [0.5, 0.6) is 0 Å². The molecule has 0 amide bonds. The lowest BCUT2D eigenvalue weighted by Gasteiger charge is -2.16. The van der Waals surface area contributed by atoms with Crippen molar-refractivity contribution >= 4 is 22.6 Å². The lowest BCUT2D eigenvalue weighted by atomic mass is 10.2. The van der Waals surface area contributed by atoms with Gasteiger partial charge >= 0.3 is 0 Å². The molecule has 0 aliphatic carbocycles. The summed E-state index contributed by atoms with van der Waals surface area (Å²) in [7, 11) is 0. The van der Waals surface area contributed by atoms with Crippen molar-refractivity contribution in [2.24, 2.45) is 0 Å². The van der Waals surface area contributed by atoms with Crippen LogP contribution in [0.1, 0.15) is 35.2 Å². The zero-order valence-corrected chi connectivity index (χ0v) is 13.1. The molecular formula is C19H20ClN3. The number of aromatic nitrogens is 2. The molecule has 0 atom stereocenters. The number of fused-ring (bicyclic) bond motifs is 1. The van der Waals surface area contributed by atoms with E-state index in [4.69, 9.17) is 22.6 Å². The largest absolute Gasteiger partial charge is 0.322 e. The lowest BCUT2D eigenvalue weighted by molar-refractivity contribution is 0.318. The van der Waals surface area contributed by atoms with Gasteiger partial charge in [-0.05, 0) is 55.7 Å². The Morgan fingerprint density at radius 3 is 2.61 bits per heavy atom. The van der Waals surface area contributed by atoms with Crippen LogP contribution in [-0.4, -0.2) is 27.5 Å². The molecular weight excluding hydrogens is 306 g/mol. The first-order chi connectivity index (χ1) is 14.5. The van der Waals surface area contributed by atoms with Gasteiger partial charge in [0.15, 0.2) is 0 Å². The molecule has 4 rings (SSSR count). The normalized spacial score (nSPS) is 21.8. The van der Waals surface area contributed by atoms with E-state index in [2.05, 4.69) is 4.98 Å². The highest BCUT2D eigenvalue weighted by atomic mass is 35.5. The van der Waals surface area contributed by atoms with Crippen molar-refractivity contribution in [3.8, 4) is 0 Å². The summed E-state index contributed by atoms with van der Waals surface area (Å²) < 4.78 is 68.9. The minimum atomic E-state index is -2.36. The fourth-order valence-corrected chi connectivity index (χ4v) is 2.74. The first-order valence-electron chi connectivity index (χ1n) is 11.5. The third-order valence-corrected chi connectivity index (χ3v) is 4.00. The average molecular weight is 334 g/mol. The number of likely N-dealkylation sites (tertiary alicyclic amines) is 1. The van der Waals surface area contributed by atoms with Crippen LogP contribution < -0.4 is 0 Å². The number of hydrogen-bond acceptors (Lipinski definition) is 2. The molecule has 0 unspecified atom stereocenters. The molecule has 1 saturated heterocycles. The molecule has 2 aromatic carbocycles. The van der Waals surface area contributed by atoms with Gasteiger partial charge in [-0.1, -0.05) is 35.8 Å². The fourth-order valence-electron chi connectivity index (χ4n) is 2.61. The molecule has 0 bridgehead atoms. The molecule has 2 heterocycles. The van der Waals surface area contributed by atoms with Crippen molar-refractivity contribution < 1.29 is 11.0 Å². The highest BCUT2D eigenvalue weighted by Gasteiger charge is 2.17. The molecule has 3 aromatic rings. The third-order valence-electron chi connectivity index (χ3n) is 3.75. The predicted molar refractivity (Wildman–Crippen MR) is 94.8 cm³/mol. The first kappa shape index (κ1) is 8.32. The van der Waals surface area contributed by atoms with E-state index >= 15 is 0 Å². The van der Waals surface area contributed by atoms with E-state index < -0.39 is 37.2 Å². The monoisotopic (exact) mass is 333 g/mol. The van der Waals surface area contributed by atoms with Gasteiger partial charge in [0.05, 0.1) is 28.5 Å². The van der Waals surface area contributed by atoms with Crippen LogP contribution >= 0.6 is 11.6 Å². The Bertz CT molecular complexity index is 1150. The van der Waals surface area contributed by atoms with Crippen LogP contribution in [0.25, 0.3) is 11.0 Å². The van der Waals surface area contributed by atoms with Gasteiger partial charge in [0, 0.05) is 11.5 Å². The Kier molecular flexibility index (Phi) is 2.29. The standard InChI is InChI=1S/C19H20ClN3/c20-16-9-7-15(8-10-16)13-23-18-6-2-1-5-17(18)21-19(23)14-22-11-3-4-12-22/h1-2,5-10H,3-4,11-14H2/i1D,2D,5D,6D,13D2,14D2. The molecule has 4 heteroatoms. The van der Waals surface area contributed by atoms with E-state index in [1.165, 1.54) is 24.3 Å². The molecule has 23 heavy (non-hydrogen) atoms. The van der Waals surface area contributed by atoms with Crippen LogP contribution in [0.3, 0.4) is 0 Å². The van der Waals surface area contributed by atoms with E-state index in [1.807, 2.05) is 0 Å². The summed E-state index contributed by atoms with van der Waals surface area (Å²) in [6.45, 7) is -3.61. The summed E-state index contributed by atoms with van der Waals surface area (Å²) in [5.41, 5.74) is -0.187. The van der Waals surface area contributed by atoms with Gasteiger partial charge < -0.3 is 4.57 Å². The summed E-state index contributed by atoms with van der Waals surface area (Å²) in [6, 6.07) is 4.03. The maximum Gasteiger partial charge on any atom is 0.124 e.